The highest BCUT2D eigenvalue weighted by atomic mass is 32.2. The van der Waals surface area contributed by atoms with Crippen LogP contribution in [0.1, 0.15) is 46.6 Å². The SMILES string of the molecule is Cn1ccnc1SCC1CC(c2ccc(CO)cc2)OC(c2cccc(-c3cccc(CNC(=O)NCc4ccccc4)c3)c2)O1. The minimum absolute atomic E-state index is 0.00593. The molecule has 2 heterocycles. The van der Waals surface area contributed by atoms with Gasteiger partial charge in [-0.05, 0) is 45.5 Å². The van der Waals surface area contributed by atoms with E-state index in [0.717, 1.165) is 49.9 Å². The predicted octanol–water partition coefficient (Wildman–Crippen LogP) is 6.92. The van der Waals surface area contributed by atoms with E-state index in [-0.39, 0.29) is 24.8 Å². The molecule has 1 fully saturated rings. The second kappa shape index (κ2) is 15.2. The number of hydrogen-bond acceptors (Lipinski definition) is 6. The van der Waals surface area contributed by atoms with Gasteiger partial charge in [0.25, 0.3) is 0 Å². The van der Waals surface area contributed by atoms with E-state index in [4.69, 9.17) is 9.47 Å². The number of thioether (sulfide) groups is 1. The van der Waals surface area contributed by atoms with Gasteiger partial charge in [-0.1, -0.05) is 103 Å². The van der Waals surface area contributed by atoms with Crippen molar-refractivity contribution in [3.05, 3.63) is 143 Å². The van der Waals surface area contributed by atoms with Gasteiger partial charge in [0, 0.05) is 50.3 Å². The number of imidazole rings is 1. The van der Waals surface area contributed by atoms with Gasteiger partial charge >= 0.3 is 6.03 Å². The first-order chi connectivity index (χ1) is 22.5. The Morgan fingerprint density at radius 3 is 2.30 bits per heavy atom. The van der Waals surface area contributed by atoms with Crippen LogP contribution in [0.2, 0.25) is 0 Å². The Balaban J connectivity index is 1.15. The first kappa shape index (κ1) is 31.6. The first-order valence-electron chi connectivity index (χ1n) is 15.4. The molecule has 1 saturated heterocycles. The lowest BCUT2D eigenvalue weighted by Gasteiger charge is -2.36. The molecule has 3 unspecified atom stereocenters. The van der Waals surface area contributed by atoms with E-state index >= 15 is 0 Å². The van der Waals surface area contributed by atoms with Crippen LogP contribution in [-0.4, -0.2) is 32.5 Å². The summed E-state index contributed by atoms with van der Waals surface area (Å²) in [6, 6.07) is 34.0. The van der Waals surface area contributed by atoms with E-state index in [1.807, 2.05) is 96.7 Å². The van der Waals surface area contributed by atoms with E-state index in [0.29, 0.717) is 19.5 Å². The third-order valence-corrected chi connectivity index (χ3v) is 9.15. The van der Waals surface area contributed by atoms with Crippen molar-refractivity contribution in [1.82, 2.24) is 20.2 Å². The Bertz CT molecular complexity index is 1730. The number of carbonyl (C=O) groups excluding carboxylic acids is 1. The summed E-state index contributed by atoms with van der Waals surface area (Å²) in [5, 5.41) is 16.3. The Morgan fingerprint density at radius 1 is 0.848 bits per heavy atom. The van der Waals surface area contributed by atoms with Crippen molar-refractivity contribution in [2.75, 3.05) is 5.75 Å². The van der Waals surface area contributed by atoms with Crippen LogP contribution >= 0.6 is 11.8 Å². The summed E-state index contributed by atoms with van der Waals surface area (Å²) in [6.45, 7) is 0.892. The average Bonchev–Trinajstić information content (AvgIpc) is 3.53. The molecule has 0 bridgehead atoms. The molecule has 3 atom stereocenters. The summed E-state index contributed by atoms with van der Waals surface area (Å²) in [6.07, 6.45) is 3.68. The number of aliphatic hydroxyl groups excluding tert-OH is 1. The molecule has 46 heavy (non-hydrogen) atoms. The lowest BCUT2D eigenvalue weighted by atomic mass is 9.99. The number of nitrogens with one attached hydrogen (secondary N) is 2. The lowest BCUT2D eigenvalue weighted by Crippen LogP contribution is -2.34. The average molecular weight is 635 g/mol. The molecule has 9 heteroatoms. The van der Waals surface area contributed by atoms with E-state index < -0.39 is 6.29 Å². The van der Waals surface area contributed by atoms with E-state index in [9.17, 15) is 9.90 Å². The van der Waals surface area contributed by atoms with Crippen LogP contribution in [0.5, 0.6) is 0 Å². The predicted molar refractivity (Wildman–Crippen MR) is 180 cm³/mol. The summed E-state index contributed by atoms with van der Waals surface area (Å²) < 4.78 is 15.2. The van der Waals surface area contributed by atoms with Crippen molar-refractivity contribution in [3.8, 4) is 11.1 Å². The summed E-state index contributed by atoms with van der Waals surface area (Å²) in [5.41, 5.74) is 6.99. The molecule has 1 aliphatic heterocycles. The molecule has 5 aromatic rings. The van der Waals surface area contributed by atoms with Crippen LogP contribution in [0.3, 0.4) is 0 Å². The lowest BCUT2D eigenvalue weighted by molar-refractivity contribution is -0.245. The smallest absolute Gasteiger partial charge is 0.315 e. The molecule has 0 spiro atoms. The number of aryl methyl sites for hydroxylation is 1. The Hall–Kier alpha value is -4.41. The molecule has 1 aromatic heterocycles. The number of benzene rings is 4. The molecular formula is C37H38N4O4S. The normalized spacial score (nSPS) is 17.8. The fraction of sp³-hybridized carbons (Fsp3) is 0.243. The maximum atomic E-state index is 12.4. The number of aromatic nitrogens is 2. The molecule has 3 N–H and O–H groups in total. The number of ether oxygens (including phenoxy) is 2. The fourth-order valence-electron chi connectivity index (χ4n) is 5.43. The topological polar surface area (TPSA) is 97.6 Å². The maximum Gasteiger partial charge on any atom is 0.315 e. The van der Waals surface area contributed by atoms with Crippen molar-refractivity contribution in [3.63, 3.8) is 0 Å². The summed E-state index contributed by atoms with van der Waals surface area (Å²) in [7, 11) is 1.99. The third kappa shape index (κ3) is 8.24. The zero-order chi connectivity index (χ0) is 31.7. The van der Waals surface area contributed by atoms with Crippen LogP contribution in [0.15, 0.2) is 121 Å². The van der Waals surface area contributed by atoms with Crippen LogP contribution in [0.25, 0.3) is 11.1 Å². The minimum atomic E-state index is -0.554. The van der Waals surface area contributed by atoms with Gasteiger partial charge in [-0.15, -0.1) is 0 Å². The first-order valence-corrected chi connectivity index (χ1v) is 16.4. The standard InChI is InChI=1S/C37H38N4O4S/c1-41-18-17-38-37(41)46-25-33-21-34(29-15-13-27(24-42)14-16-29)45-35(44-33)32-12-6-11-31(20-32)30-10-5-9-28(19-30)23-40-36(43)39-22-26-7-3-2-4-8-26/h2-20,33-35,42H,21-25H2,1H3,(H2,39,40,43). The highest BCUT2D eigenvalue weighted by Crippen LogP contribution is 2.40. The molecule has 4 aromatic carbocycles. The van der Waals surface area contributed by atoms with Gasteiger partial charge in [0.15, 0.2) is 11.4 Å². The molecule has 8 nitrogen and oxygen atoms in total. The highest BCUT2D eigenvalue weighted by Gasteiger charge is 2.32. The van der Waals surface area contributed by atoms with Crippen molar-refractivity contribution in [2.45, 2.75) is 49.8 Å². The van der Waals surface area contributed by atoms with Crippen LogP contribution in [0.4, 0.5) is 4.79 Å². The molecule has 0 aliphatic carbocycles. The van der Waals surface area contributed by atoms with Crippen LogP contribution < -0.4 is 10.6 Å². The second-order valence-corrected chi connectivity index (χ2v) is 12.3. The van der Waals surface area contributed by atoms with E-state index in [1.165, 1.54) is 0 Å². The highest BCUT2D eigenvalue weighted by molar-refractivity contribution is 7.99. The van der Waals surface area contributed by atoms with Gasteiger partial charge < -0.3 is 29.8 Å². The molecular weight excluding hydrogens is 596 g/mol. The Kier molecular flexibility index (Phi) is 10.5. The van der Waals surface area contributed by atoms with Gasteiger partial charge in [-0.2, -0.15) is 0 Å². The zero-order valence-electron chi connectivity index (χ0n) is 25.7. The number of urea groups is 1. The van der Waals surface area contributed by atoms with Crippen LogP contribution in [0, 0.1) is 0 Å². The molecule has 1 aliphatic rings. The molecule has 0 radical (unpaired) electrons. The third-order valence-electron chi connectivity index (χ3n) is 7.96. The molecule has 2 amide bonds. The number of nitrogens with zero attached hydrogens (tertiary/aromatic N) is 2. The number of amides is 2. The largest absolute Gasteiger partial charge is 0.392 e. The van der Waals surface area contributed by atoms with Gasteiger partial charge in [0.05, 0.1) is 18.8 Å². The van der Waals surface area contributed by atoms with Gasteiger partial charge in [0.1, 0.15) is 0 Å². The summed E-state index contributed by atoms with van der Waals surface area (Å²) in [4.78, 5) is 16.9. The number of carbonyl (C=O) groups is 1. The van der Waals surface area contributed by atoms with Gasteiger partial charge in [-0.3, -0.25) is 0 Å². The monoisotopic (exact) mass is 634 g/mol. The zero-order valence-corrected chi connectivity index (χ0v) is 26.5. The molecule has 0 saturated carbocycles. The second-order valence-electron chi connectivity index (χ2n) is 11.3. The van der Waals surface area contributed by atoms with Crippen molar-refractivity contribution in [2.24, 2.45) is 7.05 Å². The number of aliphatic hydroxyl groups is 1. The van der Waals surface area contributed by atoms with Gasteiger partial charge in [-0.25, -0.2) is 9.78 Å². The number of rotatable bonds is 11. The van der Waals surface area contributed by atoms with E-state index in [1.54, 1.807) is 18.0 Å². The molecule has 6 rings (SSSR count). The minimum Gasteiger partial charge on any atom is -0.392 e. The van der Waals surface area contributed by atoms with Crippen molar-refractivity contribution >= 4 is 17.8 Å². The van der Waals surface area contributed by atoms with Crippen molar-refractivity contribution < 1.29 is 19.4 Å². The molecule has 236 valence electrons. The summed E-state index contributed by atoms with van der Waals surface area (Å²) >= 11 is 1.67. The van der Waals surface area contributed by atoms with Crippen molar-refractivity contribution in [1.29, 1.82) is 0 Å². The van der Waals surface area contributed by atoms with Crippen LogP contribution in [-0.2, 0) is 36.2 Å². The number of hydrogen-bond donors (Lipinski definition) is 3. The maximum absolute atomic E-state index is 12.4. The Labute approximate surface area is 273 Å². The Morgan fingerprint density at radius 2 is 1.57 bits per heavy atom. The fourth-order valence-corrected chi connectivity index (χ4v) is 6.38. The van der Waals surface area contributed by atoms with Gasteiger partial charge in [0.2, 0.25) is 0 Å². The quantitative estimate of drug-likeness (QED) is 0.137. The van der Waals surface area contributed by atoms with E-state index in [2.05, 4.69) is 39.9 Å². The summed E-state index contributed by atoms with van der Waals surface area (Å²) in [5.74, 6) is 0.740.